The van der Waals surface area contributed by atoms with E-state index < -0.39 is 0 Å². The lowest BCUT2D eigenvalue weighted by atomic mass is 10.0. The van der Waals surface area contributed by atoms with Gasteiger partial charge in [0.1, 0.15) is 5.75 Å². The topological polar surface area (TPSA) is 77.2 Å². The number of carbonyl (C=O) groups excluding carboxylic acids is 1. The normalized spacial score (nSPS) is 11.3. The minimum Gasteiger partial charge on any atom is -0.484 e. The highest BCUT2D eigenvalue weighted by Gasteiger charge is 2.18. The molecule has 0 fully saturated rings. The number of aromatic nitrogens is 2. The van der Waals surface area contributed by atoms with Gasteiger partial charge in [-0.25, -0.2) is 0 Å². The summed E-state index contributed by atoms with van der Waals surface area (Å²) in [6.45, 7) is 6.14. The van der Waals surface area contributed by atoms with Crippen LogP contribution in [0.3, 0.4) is 0 Å². The number of ether oxygens (including phenoxy) is 1. The zero-order valence-corrected chi connectivity index (χ0v) is 15.4. The van der Waals surface area contributed by atoms with Crippen LogP contribution in [-0.2, 0) is 11.4 Å². The first kappa shape index (κ1) is 18.6. The second-order valence-corrected chi connectivity index (χ2v) is 7.14. The molecule has 1 N–H and O–H groups in total. The molecule has 0 atom stereocenters. The van der Waals surface area contributed by atoms with E-state index in [4.69, 9.17) is 20.8 Å². The average Bonchev–Trinajstić information content (AvgIpc) is 3.00. The maximum atomic E-state index is 11.9. The van der Waals surface area contributed by atoms with Gasteiger partial charge in [-0.3, -0.25) is 4.79 Å². The molecule has 130 valence electrons. The SMILES string of the molecule is CCC(C)(C)NC(=O)CSc1nnc(COc2ccc(Cl)cc2)o1. The van der Waals surface area contributed by atoms with E-state index >= 15 is 0 Å². The Hall–Kier alpha value is -1.73. The van der Waals surface area contributed by atoms with E-state index in [0.29, 0.717) is 21.9 Å². The van der Waals surface area contributed by atoms with Crippen LogP contribution in [0.2, 0.25) is 5.02 Å². The highest BCUT2D eigenvalue weighted by Crippen LogP contribution is 2.19. The Labute approximate surface area is 150 Å². The van der Waals surface area contributed by atoms with Crippen molar-refractivity contribution < 1.29 is 13.9 Å². The predicted octanol–water partition coefficient (Wildman–Crippen LogP) is 3.70. The van der Waals surface area contributed by atoms with Crippen molar-refractivity contribution in [3.05, 3.63) is 35.2 Å². The van der Waals surface area contributed by atoms with Gasteiger partial charge in [0, 0.05) is 10.6 Å². The van der Waals surface area contributed by atoms with Crippen molar-refractivity contribution >= 4 is 29.3 Å². The van der Waals surface area contributed by atoms with Crippen LogP contribution in [0.4, 0.5) is 0 Å². The lowest BCUT2D eigenvalue weighted by molar-refractivity contribution is -0.120. The van der Waals surface area contributed by atoms with E-state index in [9.17, 15) is 4.79 Å². The molecular weight excluding hydrogens is 350 g/mol. The molecule has 0 bridgehead atoms. The quantitative estimate of drug-likeness (QED) is 0.715. The van der Waals surface area contributed by atoms with Gasteiger partial charge in [-0.1, -0.05) is 30.3 Å². The molecule has 6 nitrogen and oxygen atoms in total. The number of hydrogen-bond acceptors (Lipinski definition) is 6. The third kappa shape index (κ3) is 6.05. The zero-order valence-electron chi connectivity index (χ0n) is 13.8. The van der Waals surface area contributed by atoms with Crippen LogP contribution in [0, 0.1) is 0 Å². The molecule has 1 aromatic heterocycles. The monoisotopic (exact) mass is 369 g/mol. The van der Waals surface area contributed by atoms with Gasteiger partial charge >= 0.3 is 0 Å². The second-order valence-electron chi connectivity index (χ2n) is 5.78. The molecule has 2 rings (SSSR count). The molecule has 0 spiro atoms. The number of amides is 1. The summed E-state index contributed by atoms with van der Waals surface area (Å²) < 4.78 is 11.0. The first-order chi connectivity index (χ1) is 11.4. The van der Waals surface area contributed by atoms with Crippen LogP contribution in [0.5, 0.6) is 5.75 Å². The van der Waals surface area contributed by atoms with Crippen LogP contribution in [0.25, 0.3) is 0 Å². The van der Waals surface area contributed by atoms with Crippen molar-refractivity contribution in [2.45, 2.75) is 44.6 Å². The molecule has 2 aromatic rings. The van der Waals surface area contributed by atoms with Crippen molar-refractivity contribution in [1.29, 1.82) is 0 Å². The summed E-state index contributed by atoms with van der Waals surface area (Å²) in [6.07, 6.45) is 0.857. The fourth-order valence-electron chi connectivity index (χ4n) is 1.66. The molecule has 0 unspecified atom stereocenters. The highest BCUT2D eigenvalue weighted by molar-refractivity contribution is 7.99. The first-order valence-corrected chi connectivity index (χ1v) is 8.89. The Bertz CT molecular complexity index is 673. The van der Waals surface area contributed by atoms with E-state index in [1.54, 1.807) is 24.3 Å². The number of nitrogens with zero attached hydrogens (tertiary/aromatic N) is 2. The number of hydrogen-bond donors (Lipinski definition) is 1. The lowest BCUT2D eigenvalue weighted by Crippen LogP contribution is -2.43. The van der Waals surface area contributed by atoms with Crippen molar-refractivity contribution in [2.75, 3.05) is 5.75 Å². The molecule has 0 aliphatic rings. The summed E-state index contributed by atoms with van der Waals surface area (Å²) in [4.78, 5) is 11.9. The van der Waals surface area contributed by atoms with Gasteiger partial charge in [0.15, 0.2) is 6.61 Å². The zero-order chi connectivity index (χ0) is 17.6. The number of rotatable bonds is 8. The number of halogens is 1. The van der Waals surface area contributed by atoms with Crippen LogP contribution in [0.15, 0.2) is 33.9 Å². The smallest absolute Gasteiger partial charge is 0.277 e. The van der Waals surface area contributed by atoms with Gasteiger partial charge < -0.3 is 14.5 Å². The maximum Gasteiger partial charge on any atom is 0.277 e. The van der Waals surface area contributed by atoms with Gasteiger partial charge in [-0.15, -0.1) is 10.2 Å². The van der Waals surface area contributed by atoms with Crippen molar-refractivity contribution in [3.63, 3.8) is 0 Å². The number of carbonyl (C=O) groups is 1. The fourth-order valence-corrected chi connectivity index (χ4v) is 2.37. The van der Waals surface area contributed by atoms with Gasteiger partial charge in [-0.05, 0) is 44.5 Å². The van der Waals surface area contributed by atoms with Gasteiger partial charge in [0.25, 0.3) is 11.1 Å². The minimum atomic E-state index is -0.218. The van der Waals surface area contributed by atoms with Gasteiger partial charge in [0.05, 0.1) is 5.75 Å². The summed E-state index contributed by atoms with van der Waals surface area (Å²) in [5.74, 6) is 1.17. The minimum absolute atomic E-state index is 0.0657. The van der Waals surface area contributed by atoms with Crippen LogP contribution < -0.4 is 10.1 Å². The molecule has 0 saturated carbocycles. The molecule has 0 saturated heterocycles. The third-order valence-corrected chi connectivity index (χ3v) is 4.38. The van der Waals surface area contributed by atoms with Gasteiger partial charge in [0.2, 0.25) is 5.91 Å². The number of nitrogens with one attached hydrogen (secondary N) is 1. The predicted molar refractivity (Wildman–Crippen MR) is 93.3 cm³/mol. The summed E-state index contributed by atoms with van der Waals surface area (Å²) in [7, 11) is 0. The molecule has 8 heteroatoms. The molecule has 1 heterocycles. The van der Waals surface area contributed by atoms with E-state index in [-0.39, 0.29) is 23.8 Å². The summed E-state index contributed by atoms with van der Waals surface area (Å²) in [5, 5.41) is 11.7. The van der Waals surface area contributed by atoms with E-state index in [1.807, 2.05) is 20.8 Å². The summed E-state index contributed by atoms with van der Waals surface area (Å²) in [5.41, 5.74) is -0.218. The van der Waals surface area contributed by atoms with Gasteiger partial charge in [-0.2, -0.15) is 0 Å². The molecule has 0 radical (unpaired) electrons. The Kier molecular flexibility index (Phi) is 6.51. The van der Waals surface area contributed by atoms with E-state index in [2.05, 4.69) is 15.5 Å². The molecule has 1 aromatic carbocycles. The second kappa shape index (κ2) is 8.39. The molecule has 0 aliphatic carbocycles. The molecular formula is C16H20ClN3O3S. The van der Waals surface area contributed by atoms with E-state index in [0.717, 1.165) is 6.42 Å². The maximum absolute atomic E-state index is 11.9. The summed E-state index contributed by atoms with van der Waals surface area (Å²) in [6, 6.07) is 6.99. The van der Waals surface area contributed by atoms with E-state index in [1.165, 1.54) is 11.8 Å². The van der Waals surface area contributed by atoms with Crippen molar-refractivity contribution in [2.24, 2.45) is 0 Å². The highest BCUT2D eigenvalue weighted by atomic mass is 35.5. The summed E-state index contributed by atoms with van der Waals surface area (Å²) >= 11 is 7.01. The number of thioether (sulfide) groups is 1. The Morgan fingerprint density at radius 1 is 1.33 bits per heavy atom. The average molecular weight is 370 g/mol. The van der Waals surface area contributed by atoms with Crippen LogP contribution in [-0.4, -0.2) is 27.4 Å². The molecule has 1 amide bonds. The molecule has 0 aliphatic heterocycles. The Morgan fingerprint density at radius 3 is 2.71 bits per heavy atom. The fraction of sp³-hybridized carbons (Fsp3) is 0.438. The van der Waals surface area contributed by atoms with Crippen molar-refractivity contribution in [1.82, 2.24) is 15.5 Å². The lowest BCUT2D eigenvalue weighted by Gasteiger charge is -2.24. The van der Waals surface area contributed by atoms with Crippen molar-refractivity contribution in [3.8, 4) is 5.75 Å². The Balaban J connectivity index is 1.78. The number of benzene rings is 1. The Morgan fingerprint density at radius 2 is 2.04 bits per heavy atom. The third-order valence-electron chi connectivity index (χ3n) is 3.31. The first-order valence-electron chi connectivity index (χ1n) is 7.52. The molecule has 24 heavy (non-hydrogen) atoms. The van der Waals surface area contributed by atoms with Crippen LogP contribution >= 0.6 is 23.4 Å². The standard InChI is InChI=1S/C16H20ClN3O3S/c1-4-16(2,3)18-13(21)10-24-15-20-19-14(23-15)9-22-12-7-5-11(17)6-8-12/h5-8H,4,9-10H2,1-3H3,(H,18,21). The van der Waals surface area contributed by atoms with Crippen LogP contribution in [0.1, 0.15) is 33.1 Å². The largest absolute Gasteiger partial charge is 0.484 e.